The molecule has 0 aromatic carbocycles. The number of aromatic nitrogens is 3. The van der Waals surface area contributed by atoms with E-state index >= 15 is 0 Å². The van der Waals surface area contributed by atoms with Crippen LogP contribution in [-0.2, 0) is 6.42 Å². The summed E-state index contributed by atoms with van der Waals surface area (Å²) in [5, 5.41) is 18.3. The van der Waals surface area contributed by atoms with Gasteiger partial charge in [-0.2, -0.15) is 10.5 Å². The van der Waals surface area contributed by atoms with Crippen molar-refractivity contribution in [1.82, 2.24) is 15.0 Å². The van der Waals surface area contributed by atoms with Crippen molar-refractivity contribution in [3.05, 3.63) is 29.7 Å². The van der Waals surface area contributed by atoms with Crippen molar-refractivity contribution < 1.29 is 4.74 Å². The fraction of sp³-hybridized carbons (Fsp3) is 0.333. The number of nitrogens with zero attached hydrogens (tertiary/aromatic N) is 4. The second-order valence-corrected chi connectivity index (χ2v) is 4.60. The van der Waals surface area contributed by atoms with Gasteiger partial charge in [-0.25, -0.2) is 9.97 Å². The third-order valence-corrected chi connectivity index (χ3v) is 3.17. The molecular formula is C15H15N5O. The Kier molecular flexibility index (Phi) is 4.53. The predicted octanol–water partition coefficient (Wildman–Crippen LogP) is 2.65. The van der Waals surface area contributed by atoms with Gasteiger partial charge in [0.1, 0.15) is 29.7 Å². The average molecular weight is 281 g/mol. The summed E-state index contributed by atoms with van der Waals surface area (Å²) in [4.78, 5) is 11.4. The standard InChI is InChI=1S/C15H15N5O/c1-3-10(2)21-15-13-12(5-4-11(6-16)7-17)8-18-14(13)19-9-20-15/h4,8-10H,3,5H2,1-2H3,(H,18,19,20). The molecule has 0 aliphatic heterocycles. The van der Waals surface area contributed by atoms with Crippen LogP contribution in [0.4, 0.5) is 0 Å². The number of H-pyrrole nitrogens is 1. The molecule has 2 aromatic heterocycles. The third kappa shape index (κ3) is 3.18. The number of nitriles is 2. The first-order valence-corrected chi connectivity index (χ1v) is 6.67. The van der Waals surface area contributed by atoms with Gasteiger partial charge in [-0.3, -0.25) is 0 Å². The summed E-state index contributed by atoms with van der Waals surface area (Å²) >= 11 is 0. The lowest BCUT2D eigenvalue weighted by molar-refractivity contribution is 0.211. The minimum absolute atomic E-state index is 0.0511. The van der Waals surface area contributed by atoms with Gasteiger partial charge in [0.05, 0.1) is 11.5 Å². The largest absolute Gasteiger partial charge is 0.474 e. The number of nitrogens with one attached hydrogen (secondary N) is 1. The van der Waals surface area contributed by atoms with Gasteiger partial charge >= 0.3 is 0 Å². The number of allylic oxidation sites excluding steroid dienone is 2. The van der Waals surface area contributed by atoms with Gasteiger partial charge in [-0.15, -0.1) is 0 Å². The van der Waals surface area contributed by atoms with Gasteiger partial charge in [-0.1, -0.05) is 13.0 Å². The number of ether oxygens (including phenoxy) is 1. The molecule has 0 radical (unpaired) electrons. The molecule has 1 unspecified atom stereocenters. The molecule has 0 aliphatic rings. The molecule has 1 N–H and O–H groups in total. The van der Waals surface area contributed by atoms with Crippen LogP contribution in [0.1, 0.15) is 25.8 Å². The Labute approximate surface area is 122 Å². The Morgan fingerprint density at radius 1 is 1.43 bits per heavy atom. The van der Waals surface area contributed by atoms with Crippen molar-refractivity contribution >= 4 is 11.0 Å². The molecule has 0 saturated carbocycles. The predicted molar refractivity (Wildman–Crippen MR) is 77.3 cm³/mol. The van der Waals surface area contributed by atoms with Crippen LogP contribution < -0.4 is 4.74 Å². The molecule has 0 spiro atoms. The zero-order valence-corrected chi connectivity index (χ0v) is 11.9. The molecule has 0 amide bonds. The molecule has 6 nitrogen and oxygen atoms in total. The molecule has 106 valence electrons. The SMILES string of the molecule is CCC(C)Oc1ncnc2[nH]cc(CC=C(C#N)C#N)c12. The summed E-state index contributed by atoms with van der Waals surface area (Å²) in [7, 11) is 0. The lowest BCUT2D eigenvalue weighted by atomic mass is 10.1. The molecule has 0 saturated heterocycles. The molecule has 2 rings (SSSR count). The molecular weight excluding hydrogens is 266 g/mol. The van der Waals surface area contributed by atoms with E-state index in [9.17, 15) is 0 Å². The third-order valence-electron chi connectivity index (χ3n) is 3.17. The fourth-order valence-electron chi connectivity index (χ4n) is 1.85. The Hall–Kier alpha value is -2.86. The number of hydrogen-bond acceptors (Lipinski definition) is 5. The summed E-state index contributed by atoms with van der Waals surface area (Å²) in [5.41, 5.74) is 1.67. The molecule has 0 bridgehead atoms. The second-order valence-electron chi connectivity index (χ2n) is 4.60. The highest BCUT2D eigenvalue weighted by molar-refractivity contribution is 5.84. The zero-order valence-electron chi connectivity index (χ0n) is 11.9. The topological polar surface area (TPSA) is 98.4 Å². The van der Waals surface area contributed by atoms with Crippen molar-refractivity contribution in [2.75, 3.05) is 0 Å². The van der Waals surface area contributed by atoms with Crippen LogP contribution in [0, 0.1) is 22.7 Å². The van der Waals surface area contributed by atoms with E-state index in [-0.39, 0.29) is 11.7 Å². The Balaban J connectivity index is 2.40. The van der Waals surface area contributed by atoms with Crippen LogP contribution in [0.15, 0.2) is 24.2 Å². The van der Waals surface area contributed by atoms with Crippen LogP contribution in [0.2, 0.25) is 0 Å². The lowest BCUT2D eigenvalue weighted by Crippen LogP contribution is -2.11. The first-order valence-electron chi connectivity index (χ1n) is 6.67. The molecule has 2 aromatic rings. The first kappa shape index (κ1) is 14.5. The minimum Gasteiger partial charge on any atom is -0.474 e. The van der Waals surface area contributed by atoms with Crippen LogP contribution in [0.5, 0.6) is 5.88 Å². The van der Waals surface area contributed by atoms with E-state index in [0.29, 0.717) is 17.9 Å². The number of aromatic amines is 1. The quantitative estimate of drug-likeness (QED) is 0.849. The van der Waals surface area contributed by atoms with Gasteiger partial charge in [0, 0.05) is 6.20 Å². The zero-order chi connectivity index (χ0) is 15.2. The van der Waals surface area contributed by atoms with E-state index in [1.807, 2.05) is 26.0 Å². The molecule has 21 heavy (non-hydrogen) atoms. The van der Waals surface area contributed by atoms with E-state index in [1.54, 1.807) is 12.3 Å². The summed E-state index contributed by atoms with van der Waals surface area (Å²) in [6, 6.07) is 3.69. The van der Waals surface area contributed by atoms with Crippen molar-refractivity contribution in [3.63, 3.8) is 0 Å². The van der Waals surface area contributed by atoms with Crippen LogP contribution in [-0.4, -0.2) is 21.1 Å². The van der Waals surface area contributed by atoms with Gasteiger partial charge in [-0.05, 0) is 25.3 Å². The van der Waals surface area contributed by atoms with E-state index in [0.717, 1.165) is 17.4 Å². The van der Waals surface area contributed by atoms with Gasteiger partial charge < -0.3 is 9.72 Å². The van der Waals surface area contributed by atoms with Crippen LogP contribution in [0.25, 0.3) is 11.0 Å². The number of rotatable bonds is 5. The van der Waals surface area contributed by atoms with Crippen LogP contribution >= 0.6 is 0 Å². The van der Waals surface area contributed by atoms with Crippen molar-refractivity contribution in [1.29, 1.82) is 10.5 Å². The Bertz CT molecular complexity index is 731. The number of fused-ring (bicyclic) bond motifs is 1. The van der Waals surface area contributed by atoms with Crippen molar-refractivity contribution in [2.24, 2.45) is 0 Å². The highest BCUT2D eigenvalue weighted by atomic mass is 16.5. The molecule has 0 aliphatic carbocycles. The second kappa shape index (κ2) is 6.53. The molecule has 0 fully saturated rings. The lowest BCUT2D eigenvalue weighted by Gasteiger charge is -2.12. The van der Waals surface area contributed by atoms with Crippen LogP contribution in [0.3, 0.4) is 0 Å². The highest BCUT2D eigenvalue weighted by Crippen LogP contribution is 2.27. The van der Waals surface area contributed by atoms with Gasteiger partial charge in [0.2, 0.25) is 5.88 Å². The molecule has 6 heteroatoms. The fourth-order valence-corrected chi connectivity index (χ4v) is 1.85. The maximum atomic E-state index is 8.78. The average Bonchev–Trinajstić information content (AvgIpc) is 2.92. The highest BCUT2D eigenvalue weighted by Gasteiger charge is 2.13. The summed E-state index contributed by atoms with van der Waals surface area (Å²) in [6.07, 6.45) is 6.20. The van der Waals surface area contributed by atoms with E-state index in [1.165, 1.54) is 6.33 Å². The van der Waals surface area contributed by atoms with E-state index < -0.39 is 0 Å². The maximum Gasteiger partial charge on any atom is 0.226 e. The van der Waals surface area contributed by atoms with Gasteiger partial charge in [0.15, 0.2) is 0 Å². The summed E-state index contributed by atoms with van der Waals surface area (Å²) in [5.74, 6) is 0.523. The van der Waals surface area contributed by atoms with Crippen molar-refractivity contribution in [3.8, 4) is 18.0 Å². The smallest absolute Gasteiger partial charge is 0.226 e. The Morgan fingerprint density at radius 3 is 2.86 bits per heavy atom. The first-order chi connectivity index (χ1) is 10.2. The monoisotopic (exact) mass is 281 g/mol. The van der Waals surface area contributed by atoms with E-state index in [2.05, 4.69) is 15.0 Å². The number of hydrogen-bond donors (Lipinski definition) is 1. The Morgan fingerprint density at radius 2 is 2.19 bits per heavy atom. The van der Waals surface area contributed by atoms with Gasteiger partial charge in [0.25, 0.3) is 0 Å². The van der Waals surface area contributed by atoms with Crippen molar-refractivity contribution in [2.45, 2.75) is 32.8 Å². The van der Waals surface area contributed by atoms with E-state index in [4.69, 9.17) is 15.3 Å². The normalized spacial score (nSPS) is 11.4. The summed E-state index contributed by atoms with van der Waals surface area (Å²) in [6.45, 7) is 4.01. The minimum atomic E-state index is 0.0511. The maximum absolute atomic E-state index is 8.78. The molecule has 2 heterocycles. The molecule has 1 atom stereocenters. The summed E-state index contributed by atoms with van der Waals surface area (Å²) < 4.78 is 5.81.